The van der Waals surface area contributed by atoms with Gasteiger partial charge in [0, 0.05) is 13.7 Å². The van der Waals surface area contributed by atoms with E-state index < -0.39 is 0 Å². The van der Waals surface area contributed by atoms with Gasteiger partial charge in [0.25, 0.3) is 0 Å². The van der Waals surface area contributed by atoms with Gasteiger partial charge < -0.3 is 4.74 Å². The Balaban J connectivity index is 2.22. The fraction of sp³-hybridized carbons (Fsp3) is 0.778. The van der Waals surface area contributed by atoms with E-state index in [2.05, 4.69) is 4.90 Å². The lowest BCUT2D eigenvalue weighted by Gasteiger charge is -2.31. The smallest absolute Gasteiger partial charge is 0.120 e. The highest BCUT2D eigenvalue weighted by molar-refractivity contribution is 5.24. The van der Waals surface area contributed by atoms with E-state index in [1.807, 2.05) is 0 Å². The average Bonchev–Trinajstić information content (AvgIpc) is 2.55. The number of methoxy groups -OCH3 is 1. The SMILES string of the molecule is COCC12CCCN1CC=C2F. The van der Waals surface area contributed by atoms with Crippen molar-refractivity contribution < 1.29 is 9.13 Å². The molecule has 0 spiro atoms. The molecule has 0 N–H and O–H groups in total. The van der Waals surface area contributed by atoms with Gasteiger partial charge in [-0.25, -0.2) is 4.39 Å². The number of fused-ring (bicyclic) bond motifs is 1. The largest absolute Gasteiger partial charge is 0.382 e. The first kappa shape index (κ1) is 8.20. The Bertz CT molecular complexity index is 217. The molecule has 68 valence electrons. The van der Waals surface area contributed by atoms with Crippen LogP contribution in [0.15, 0.2) is 11.9 Å². The third-order valence-electron chi connectivity index (χ3n) is 2.94. The van der Waals surface area contributed by atoms with Crippen molar-refractivity contribution in [2.45, 2.75) is 18.4 Å². The molecule has 1 fully saturated rings. The maximum atomic E-state index is 13.5. The zero-order valence-corrected chi connectivity index (χ0v) is 7.35. The fourth-order valence-corrected chi connectivity index (χ4v) is 2.32. The van der Waals surface area contributed by atoms with E-state index in [4.69, 9.17) is 4.74 Å². The molecular formula is C9H14FNO. The molecule has 0 aromatic carbocycles. The molecule has 1 unspecified atom stereocenters. The summed E-state index contributed by atoms with van der Waals surface area (Å²) in [6.45, 7) is 2.26. The van der Waals surface area contributed by atoms with Crippen LogP contribution < -0.4 is 0 Å². The van der Waals surface area contributed by atoms with Gasteiger partial charge >= 0.3 is 0 Å². The summed E-state index contributed by atoms with van der Waals surface area (Å²) in [5.41, 5.74) is -0.380. The average molecular weight is 171 g/mol. The fourth-order valence-electron chi connectivity index (χ4n) is 2.32. The highest BCUT2D eigenvalue weighted by atomic mass is 19.1. The molecule has 1 saturated heterocycles. The number of ether oxygens (including phenoxy) is 1. The van der Waals surface area contributed by atoms with Crippen LogP contribution >= 0.6 is 0 Å². The Labute approximate surface area is 72.0 Å². The Hall–Kier alpha value is -0.410. The highest BCUT2D eigenvalue weighted by Crippen LogP contribution is 2.40. The van der Waals surface area contributed by atoms with Crippen molar-refractivity contribution in [1.29, 1.82) is 0 Å². The predicted molar refractivity (Wildman–Crippen MR) is 44.6 cm³/mol. The normalized spacial score (nSPS) is 35.3. The van der Waals surface area contributed by atoms with Gasteiger partial charge in [-0.2, -0.15) is 0 Å². The van der Waals surface area contributed by atoms with Crippen molar-refractivity contribution >= 4 is 0 Å². The van der Waals surface area contributed by atoms with Crippen LogP contribution in [0.25, 0.3) is 0 Å². The van der Waals surface area contributed by atoms with Crippen LogP contribution in [0.3, 0.4) is 0 Å². The summed E-state index contributed by atoms with van der Waals surface area (Å²) in [6, 6.07) is 0. The number of hydrogen-bond acceptors (Lipinski definition) is 2. The first-order chi connectivity index (χ1) is 5.79. The number of rotatable bonds is 2. The second-order valence-corrected chi connectivity index (χ2v) is 3.57. The van der Waals surface area contributed by atoms with E-state index in [-0.39, 0.29) is 11.4 Å². The lowest BCUT2D eigenvalue weighted by atomic mass is 9.98. The summed E-state index contributed by atoms with van der Waals surface area (Å²) in [4.78, 5) is 2.17. The quantitative estimate of drug-likeness (QED) is 0.621. The summed E-state index contributed by atoms with van der Waals surface area (Å²) in [6.07, 6.45) is 3.67. The molecule has 0 bridgehead atoms. The van der Waals surface area contributed by atoms with Gasteiger partial charge in [0.2, 0.25) is 0 Å². The maximum absolute atomic E-state index is 13.5. The van der Waals surface area contributed by atoms with E-state index in [1.54, 1.807) is 13.2 Å². The van der Waals surface area contributed by atoms with Crippen LogP contribution in [0.2, 0.25) is 0 Å². The van der Waals surface area contributed by atoms with Crippen LogP contribution in [0, 0.1) is 0 Å². The lowest BCUT2D eigenvalue weighted by Crippen LogP contribution is -2.44. The molecular weight excluding hydrogens is 157 g/mol. The van der Waals surface area contributed by atoms with Crippen molar-refractivity contribution in [2.75, 3.05) is 26.8 Å². The van der Waals surface area contributed by atoms with E-state index in [0.717, 1.165) is 25.9 Å². The van der Waals surface area contributed by atoms with Crippen LogP contribution in [0.1, 0.15) is 12.8 Å². The second kappa shape index (κ2) is 2.82. The molecule has 2 heterocycles. The Kier molecular flexibility index (Phi) is 1.93. The third kappa shape index (κ3) is 0.930. The minimum atomic E-state index is -0.380. The Morgan fingerprint density at radius 1 is 1.75 bits per heavy atom. The first-order valence-corrected chi connectivity index (χ1v) is 4.40. The van der Waals surface area contributed by atoms with Crippen molar-refractivity contribution in [3.05, 3.63) is 11.9 Å². The van der Waals surface area contributed by atoms with E-state index >= 15 is 0 Å². The number of nitrogens with zero attached hydrogens (tertiary/aromatic N) is 1. The first-order valence-electron chi connectivity index (χ1n) is 4.40. The summed E-state index contributed by atoms with van der Waals surface area (Å²) < 4.78 is 18.5. The van der Waals surface area contributed by atoms with Crippen LogP contribution in [-0.4, -0.2) is 37.2 Å². The van der Waals surface area contributed by atoms with Gasteiger partial charge in [-0.15, -0.1) is 0 Å². The van der Waals surface area contributed by atoms with E-state index in [9.17, 15) is 4.39 Å². The van der Waals surface area contributed by atoms with Gasteiger partial charge in [-0.3, -0.25) is 4.90 Å². The van der Waals surface area contributed by atoms with E-state index in [0.29, 0.717) is 6.61 Å². The number of halogens is 1. The Morgan fingerprint density at radius 2 is 2.58 bits per heavy atom. The summed E-state index contributed by atoms with van der Waals surface area (Å²) >= 11 is 0. The summed E-state index contributed by atoms with van der Waals surface area (Å²) in [5, 5.41) is 0. The molecule has 2 aliphatic heterocycles. The van der Waals surface area contributed by atoms with Gasteiger partial charge in [0.1, 0.15) is 5.83 Å². The molecule has 12 heavy (non-hydrogen) atoms. The van der Waals surface area contributed by atoms with Crippen LogP contribution in [-0.2, 0) is 4.74 Å². The molecule has 2 nitrogen and oxygen atoms in total. The van der Waals surface area contributed by atoms with Crippen LogP contribution in [0.4, 0.5) is 4.39 Å². The second-order valence-electron chi connectivity index (χ2n) is 3.57. The van der Waals surface area contributed by atoms with Crippen molar-refractivity contribution in [3.63, 3.8) is 0 Å². The van der Waals surface area contributed by atoms with Gasteiger partial charge in [0.05, 0.1) is 12.1 Å². The minimum Gasteiger partial charge on any atom is -0.382 e. The topological polar surface area (TPSA) is 12.5 Å². The monoisotopic (exact) mass is 171 g/mol. The minimum absolute atomic E-state index is 0.0156. The zero-order chi connectivity index (χ0) is 8.60. The molecule has 0 aliphatic carbocycles. The van der Waals surface area contributed by atoms with Gasteiger partial charge in [0.15, 0.2) is 0 Å². The number of hydrogen-bond donors (Lipinski definition) is 0. The van der Waals surface area contributed by atoms with Gasteiger partial charge in [-0.1, -0.05) is 0 Å². The molecule has 3 heteroatoms. The molecule has 0 radical (unpaired) electrons. The van der Waals surface area contributed by atoms with Crippen LogP contribution in [0.5, 0.6) is 0 Å². The standard InChI is InChI=1S/C9H14FNO/c1-12-7-9-4-2-5-11(9)6-3-8(9)10/h3H,2,4-7H2,1H3. The summed E-state index contributed by atoms with van der Waals surface area (Å²) in [5.74, 6) is 0.0156. The van der Waals surface area contributed by atoms with E-state index in [1.165, 1.54) is 0 Å². The zero-order valence-electron chi connectivity index (χ0n) is 7.35. The summed E-state index contributed by atoms with van der Waals surface area (Å²) in [7, 11) is 1.64. The van der Waals surface area contributed by atoms with Crippen molar-refractivity contribution in [3.8, 4) is 0 Å². The maximum Gasteiger partial charge on any atom is 0.120 e. The molecule has 2 aliphatic rings. The molecule has 1 atom stereocenters. The molecule has 0 aromatic heterocycles. The predicted octanol–water partition coefficient (Wildman–Crippen LogP) is 1.33. The highest BCUT2D eigenvalue weighted by Gasteiger charge is 2.47. The lowest BCUT2D eigenvalue weighted by molar-refractivity contribution is 0.0671. The van der Waals surface area contributed by atoms with Gasteiger partial charge in [-0.05, 0) is 25.5 Å². The third-order valence-corrected chi connectivity index (χ3v) is 2.94. The molecule has 0 aromatic rings. The molecule has 0 saturated carbocycles. The van der Waals surface area contributed by atoms with Crippen molar-refractivity contribution in [1.82, 2.24) is 4.90 Å². The Morgan fingerprint density at radius 3 is 3.33 bits per heavy atom. The molecule has 2 rings (SSSR count). The van der Waals surface area contributed by atoms with Crippen molar-refractivity contribution in [2.24, 2.45) is 0 Å². The molecule has 0 amide bonds.